The van der Waals surface area contributed by atoms with Crippen LogP contribution in [0.15, 0.2) is 36.4 Å². The molecule has 0 fully saturated rings. The lowest BCUT2D eigenvalue weighted by Crippen LogP contribution is -2.25. The average molecular weight is 430 g/mol. The zero-order chi connectivity index (χ0) is 24.0. The quantitative estimate of drug-likeness (QED) is 0.342. The SMILES string of the molecule is [C-]#[N+]/C(C#N)=c1/c2c(/c(=C(\C#N)[N+]#[C-])c3c1-c1ccc([N+]#[C-])cc1C3)-c1ccc(C#N)cc1C2. The van der Waals surface area contributed by atoms with Gasteiger partial charge >= 0.3 is 0 Å². The summed E-state index contributed by atoms with van der Waals surface area (Å²) in [6, 6.07) is 16.8. The van der Waals surface area contributed by atoms with E-state index >= 15 is 0 Å². The zero-order valence-electron chi connectivity index (χ0n) is 17.6. The van der Waals surface area contributed by atoms with Gasteiger partial charge in [-0.1, -0.05) is 24.3 Å². The van der Waals surface area contributed by atoms with Crippen LogP contribution in [0.4, 0.5) is 5.69 Å². The third-order valence-corrected chi connectivity index (χ3v) is 6.34. The summed E-state index contributed by atoms with van der Waals surface area (Å²) in [6.45, 7) is 22.7. The predicted octanol–water partition coefficient (Wildman–Crippen LogP) is 4.35. The molecule has 2 aliphatic carbocycles. The zero-order valence-corrected chi connectivity index (χ0v) is 17.6. The van der Waals surface area contributed by atoms with Gasteiger partial charge in [-0.05, 0) is 69.5 Å². The van der Waals surface area contributed by atoms with Gasteiger partial charge in [0.2, 0.25) is 0 Å². The average Bonchev–Trinajstić information content (AvgIpc) is 3.43. The molecule has 3 aromatic carbocycles. The van der Waals surface area contributed by atoms with Crippen molar-refractivity contribution in [2.75, 3.05) is 0 Å². The minimum absolute atomic E-state index is 0.0595. The van der Waals surface area contributed by atoms with E-state index in [0.29, 0.717) is 56.8 Å². The Balaban J connectivity index is 2.08. The largest absolute Gasteiger partial charge is 0.269 e. The molecule has 3 aromatic rings. The number of benzene rings is 3. The molecule has 2 aliphatic rings. The van der Waals surface area contributed by atoms with Gasteiger partial charge in [0.05, 0.1) is 43.5 Å². The summed E-state index contributed by atoms with van der Waals surface area (Å²) < 4.78 is 0. The van der Waals surface area contributed by atoms with E-state index in [4.69, 9.17) is 19.7 Å². The predicted molar refractivity (Wildman–Crippen MR) is 124 cm³/mol. The van der Waals surface area contributed by atoms with Crippen LogP contribution in [0.5, 0.6) is 0 Å². The van der Waals surface area contributed by atoms with Crippen molar-refractivity contribution in [1.82, 2.24) is 0 Å². The van der Waals surface area contributed by atoms with Crippen LogP contribution >= 0.6 is 0 Å². The third kappa shape index (κ3) is 2.62. The summed E-state index contributed by atoms with van der Waals surface area (Å²) in [4.78, 5) is 10.6. The molecule has 0 aromatic heterocycles. The summed E-state index contributed by atoms with van der Waals surface area (Å²) in [7, 11) is 0. The van der Waals surface area contributed by atoms with Gasteiger partial charge in [-0.15, -0.1) is 0 Å². The highest BCUT2D eigenvalue weighted by Gasteiger charge is 2.31. The fourth-order valence-corrected chi connectivity index (χ4v) is 5.07. The van der Waals surface area contributed by atoms with Crippen LogP contribution in [0.2, 0.25) is 0 Å². The highest BCUT2D eigenvalue weighted by molar-refractivity contribution is 5.93. The van der Waals surface area contributed by atoms with Crippen LogP contribution in [-0.4, -0.2) is 0 Å². The molecule has 0 atom stereocenters. The molecule has 6 heteroatoms. The van der Waals surface area contributed by atoms with Crippen molar-refractivity contribution in [3.63, 3.8) is 0 Å². The van der Waals surface area contributed by atoms with E-state index in [1.807, 2.05) is 18.2 Å². The lowest BCUT2D eigenvalue weighted by atomic mass is 9.90. The Morgan fingerprint density at radius 1 is 0.735 bits per heavy atom. The first-order chi connectivity index (χ1) is 16.6. The van der Waals surface area contributed by atoms with E-state index in [-0.39, 0.29) is 11.4 Å². The molecule has 0 aliphatic heterocycles. The van der Waals surface area contributed by atoms with Gasteiger partial charge in [0.25, 0.3) is 11.4 Å². The fourth-order valence-electron chi connectivity index (χ4n) is 5.07. The summed E-state index contributed by atoms with van der Waals surface area (Å²) >= 11 is 0. The van der Waals surface area contributed by atoms with E-state index in [0.717, 1.165) is 22.3 Å². The number of hydrogen-bond acceptors (Lipinski definition) is 3. The number of hydrogen-bond donors (Lipinski definition) is 0. The first kappa shape index (κ1) is 20.3. The highest BCUT2D eigenvalue weighted by Crippen LogP contribution is 2.41. The Morgan fingerprint density at radius 3 is 1.74 bits per heavy atom. The van der Waals surface area contributed by atoms with E-state index in [2.05, 4.69) is 20.6 Å². The van der Waals surface area contributed by atoms with Crippen LogP contribution in [0.25, 0.3) is 48.2 Å². The molecular formula is C28H10N6. The van der Waals surface area contributed by atoms with Crippen LogP contribution in [0.1, 0.15) is 27.8 Å². The van der Waals surface area contributed by atoms with E-state index in [9.17, 15) is 15.8 Å². The molecule has 34 heavy (non-hydrogen) atoms. The molecule has 0 spiro atoms. The molecule has 0 heterocycles. The molecule has 152 valence electrons. The minimum atomic E-state index is -0.0595. The second kappa shape index (κ2) is 7.49. The first-order valence-electron chi connectivity index (χ1n) is 10.2. The topological polar surface area (TPSA) is 84.4 Å². The fraction of sp³-hybridized carbons (Fsp3) is 0.0714. The van der Waals surface area contributed by atoms with Crippen molar-refractivity contribution in [2.24, 2.45) is 0 Å². The standard InChI is InChI=1S/C28H10N6/c1-32-18-5-7-20-17(9-18)11-22-26(20)27(23(13-30)33-2)21-10-16-8-15(12-29)4-6-19(16)25(21)28(22)24(14-31)34-3/h4-9H,10-11H2/b27-23-,28-24+. The second-order valence-electron chi connectivity index (χ2n) is 7.89. The summed E-state index contributed by atoms with van der Waals surface area (Å²) in [6.07, 6.45) is 0.759. The molecule has 0 saturated heterocycles. The highest BCUT2D eigenvalue weighted by atomic mass is 14.7. The Kier molecular flexibility index (Phi) is 4.46. The van der Waals surface area contributed by atoms with Crippen molar-refractivity contribution in [3.05, 3.63) is 109 Å². The Bertz CT molecular complexity index is 1700. The van der Waals surface area contributed by atoms with Gasteiger partial charge in [0.1, 0.15) is 0 Å². The van der Waals surface area contributed by atoms with Gasteiger partial charge < -0.3 is 0 Å². The van der Waals surface area contributed by atoms with E-state index in [1.54, 1.807) is 30.3 Å². The molecular weight excluding hydrogens is 420 g/mol. The van der Waals surface area contributed by atoms with E-state index < -0.39 is 0 Å². The molecule has 0 unspecified atom stereocenters. The van der Waals surface area contributed by atoms with Gasteiger partial charge in [-0.25, -0.2) is 25.1 Å². The number of nitriles is 3. The maximum Gasteiger partial charge on any atom is 0.269 e. The van der Waals surface area contributed by atoms with Gasteiger partial charge in [-0.2, -0.15) is 5.26 Å². The van der Waals surface area contributed by atoms with E-state index in [1.165, 1.54) is 0 Å². The Hall–Kier alpha value is -5.66. The summed E-state index contributed by atoms with van der Waals surface area (Å²) in [5.41, 5.74) is 6.94. The Labute approximate surface area is 195 Å². The van der Waals surface area contributed by atoms with Gasteiger partial charge in [-0.3, -0.25) is 0 Å². The smallest absolute Gasteiger partial charge is 0.238 e. The molecule has 0 saturated carbocycles. The molecule has 0 amide bonds. The van der Waals surface area contributed by atoms with Crippen molar-refractivity contribution in [2.45, 2.75) is 12.8 Å². The van der Waals surface area contributed by atoms with Crippen molar-refractivity contribution in [3.8, 4) is 40.5 Å². The maximum atomic E-state index is 9.85. The van der Waals surface area contributed by atoms with Crippen LogP contribution in [0, 0.1) is 53.7 Å². The minimum Gasteiger partial charge on any atom is -0.238 e. The second-order valence-corrected chi connectivity index (χ2v) is 7.89. The molecule has 0 N–H and O–H groups in total. The molecule has 0 bridgehead atoms. The molecule has 6 nitrogen and oxygen atoms in total. The summed E-state index contributed by atoms with van der Waals surface area (Å²) in [5.74, 6) is 0. The number of nitrogens with zero attached hydrogens (tertiary/aromatic N) is 6. The lowest BCUT2D eigenvalue weighted by Gasteiger charge is -2.13. The Morgan fingerprint density at radius 2 is 1.26 bits per heavy atom. The van der Waals surface area contributed by atoms with Crippen LogP contribution in [-0.2, 0) is 12.8 Å². The van der Waals surface area contributed by atoms with Crippen molar-refractivity contribution < 1.29 is 0 Å². The normalized spacial score (nSPS) is 13.2. The number of rotatable bonds is 0. The summed E-state index contributed by atoms with van der Waals surface area (Å²) in [5, 5.41) is 30.1. The first-order valence-corrected chi connectivity index (χ1v) is 10.2. The lowest BCUT2D eigenvalue weighted by molar-refractivity contribution is 1.20. The van der Waals surface area contributed by atoms with Crippen molar-refractivity contribution in [1.29, 1.82) is 15.8 Å². The van der Waals surface area contributed by atoms with Crippen molar-refractivity contribution >= 4 is 17.1 Å². The third-order valence-electron chi connectivity index (χ3n) is 6.34. The van der Waals surface area contributed by atoms with Gasteiger partial charge in [0.15, 0.2) is 5.69 Å². The monoisotopic (exact) mass is 430 g/mol. The molecule has 0 radical (unpaired) electrons. The molecule has 5 rings (SSSR count). The van der Waals surface area contributed by atoms with Crippen LogP contribution in [0.3, 0.4) is 0 Å². The number of fused-ring (bicyclic) bond motifs is 6. The maximum absolute atomic E-state index is 9.85. The van der Waals surface area contributed by atoms with Crippen LogP contribution < -0.4 is 10.4 Å². The van der Waals surface area contributed by atoms with Gasteiger partial charge in [0, 0.05) is 10.4 Å².